The molecule has 0 spiro atoms. The molecule has 8 nitrogen and oxygen atoms in total. The molecule has 0 aromatic heterocycles. The van der Waals surface area contributed by atoms with E-state index in [1.54, 1.807) is 24.3 Å². The lowest BCUT2D eigenvalue weighted by atomic mass is 10.2. The van der Waals surface area contributed by atoms with Gasteiger partial charge in [0.1, 0.15) is 11.5 Å². The predicted molar refractivity (Wildman–Crippen MR) is 105 cm³/mol. The minimum Gasteiger partial charge on any atom is -0.508 e. The van der Waals surface area contributed by atoms with Gasteiger partial charge in [0.2, 0.25) is 0 Å². The molecule has 8 heteroatoms. The maximum atomic E-state index is 11.7. The fraction of sp³-hybridized carbons (Fsp3) is 0.333. The van der Waals surface area contributed by atoms with E-state index in [1.165, 1.54) is 7.11 Å². The standard InChI is InChI=1S/C20H26N2O4.CO2/c1-21(13-16-7-3-5-9-18(16)23)11-12-22(15-20(25)26-2)14-17-8-4-6-10-19(17)24;2-1-3/h3-10,23-24H,11-15H2,1-2H3;. The maximum absolute atomic E-state index is 11.7. The van der Waals surface area contributed by atoms with Gasteiger partial charge in [-0.2, -0.15) is 9.59 Å². The van der Waals surface area contributed by atoms with Crippen molar-refractivity contribution in [3.8, 4) is 11.5 Å². The summed E-state index contributed by atoms with van der Waals surface area (Å²) in [5, 5.41) is 19.9. The number of hydrogen-bond donors (Lipinski definition) is 2. The van der Waals surface area contributed by atoms with Crippen molar-refractivity contribution in [3.63, 3.8) is 0 Å². The van der Waals surface area contributed by atoms with Crippen molar-refractivity contribution in [2.24, 2.45) is 0 Å². The molecule has 0 saturated heterocycles. The molecule has 0 radical (unpaired) electrons. The third kappa shape index (κ3) is 9.03. The number of para-hydroxylation sites is 2. The summed E-state index contributed by atoms with van der Waals surface area (Å²) < 4.78 is 4.78. The van der Waals surface area contributed by atoms with Gasteiger partial charge < -0.3 is 19.8 Å². The Morgan fingerprint density at radius 3 is 1.90 bits per heavy atom. The highest BCUT2D eigenvalue weighted by molar-refractivity contribution is 5.71. The number of carbonyl (C=O) groups is 1. The largest absolute Gasteiger partial charge is 0.508 e. The van der Waals surface area contributed by atoms with Gasteiger partial charge in [0.25, 0.3) is 0 Å². The van der Waals surface area contributed by atoms with E-state index in [0.717, 1.165) is 11.1 Å². The van der Waals surface area contributed by atoms with Crippen LogP contribution in [0.15, 0.2) is 48.5 Å². The number of rotatable bonds is 9. The van der Waals surface area contributed by atoms with Crippen LogP contribution in [0.1, 0.15) is 11.1 Å². The van der Waals surface area contributed by atoms with Crippen LogP contribution in [-0.4, -0.2) is 65.9 Å². The van der Waals surface area contributed by atoms with E-state index < -0.39 is 0 Å². The molecule has 0 atom stereocenters. The maximum Gasteiger partial charge on any atom is 0.373 e. The van der Waals surface area contributed by atoms with Crippen LogP contribution in [0.4, 0.5) is 0 Å². The summed E-state index contributed by atoms with van der Waals surface area (Å²) in [7, 11) is 3.33. The Balaban J connectivity index is 0.00000132. The van der Waals surface area contributed by atoms with E-state index in [-0.39, 0.29) is 30.2 Å². The van der Waals surface area contributed by atoms with Gasteiger partial charge in [-0.15, -0.1) is 0 Å². The van der Waals surface area contributed by atoms with Gasteiger partial charge in [-0.1, -0.05) is 36.4 Å². The van der Waals surface area contributed by atoms with E-state index in [0.29, 0.717) is 26.2 Å². The Labute approximate surface area is 169 Å². The van der Waals surface area contributed by atoms with Crippen molar-refractivity contribution in [2.45, 2.75) is 13.1 Å². The number of aromatic hydroxyl groups is 2. The second kappa shape index (κ2) is 13.1. The molecule has 0 aliphatic carbocycles. The van der Waals surface area contributed by atoms with Crippen molar-refractivity contribution < 1.29 is 29.3 Å². The molecule has 2 aromatic carbocycles. The molecule has 0 aliphatic heterocycles. The monoisotopic (exact) mass is 402 g/mol. The first-order chi connectivity index (χ1) is 13.9. The zero-order chi connectivity index (χ0) is 21.6. The van der Waals surface area contributed by atoms with Crippen LogP contribution >= 0.6 is 0 Å². The van der Waals surface area contributed by atoms with Gasteiger partial charge >= 0.3 is 12.1 Å². The molecule has 0 bridgehead atoms. The molecule has 2 rings (SSSR count). The van der Waals surface area contributed by atoms with Gasteiger partial charge in [0.05, 0.1) is 13.7 Å². The number of phenols is 2. The molecule has 0 aliphatic rings. The number of ether oxygens (including phenoxy) is 1. The predicted octanol–water partition coefficient (Wildman–Crippen LogP) is 1.62. The summed E-state index contributed by atoms with van der Waals surface area (Å²) in [4.78, 5) is 32.0. The number of esters is 1. The van der Waals surface area contributed by atoms with Crippen LogP contribution in [-0.2, 0) is 32.2 Å². The average molecular weight is 402 g/mol. The van der Waals surface area contributed by atoms with Crippen molar-refractivity contribution in [1.82, 2.24) is 9.80 Å². The number of benzene rings is 2. The van der Waals surface area contributed by atoms with Gasteiger partial charge in [-0.25, -0.2) is 0 Å². The number of nitrogens with zero attached hydrogens (tertiary/aromatic N) is 2. The zero-order valence-corrected chi connectivity index (χ0v) is 16.6. The number of likely N-dealkylation sites (N-methyl/N-ethyl adjacent to an activating group) is 1. The van der Waals surface area contributed by atoms with Gasteiger partial charge in [-0.05, 0) is 19.2 Å². The van der Waals surface area contributed by atoms with Crippen molar-refractivity contribution >= 4 is 12.1 Å². The van der Waals surface area contributed by atoms with Crippen LogP contribution in [0.3, 0.4) is 0 Å². The zero-order valence-electron chi connectivity index (χ0n) is 16.6. The number of phenolic OH excluding ortho intramolecular Hbond substituents is 2. The topological polar surface area (TPSA) is 107 Å². The van der Waals surface area contributed by atoms with Crippen LogP contribution < -0.4 is 0 Å². The smallest absolute Gasteiger partial charge is 0.373 e. The highest BCUT2D eigenvalue weighted by Gasteiger charge is 2.14. The first-order valence-corrected chi connectivity index (χ1v) is 8.92. The molecular weight excluding hydrogens is 376 g/mol. The third-order valence-corrected chi connectivity index (χ3v) is 4.20. The first-order valence-electron chi connectivity index (χ1n) is 8.92. The highest BCUT2D eigenvalue weighted by Crippen LogP contribution is 2.19. The van der Waals surface area contributed by atoms with E-state index in [4.69, 9.17) is 14.3 Å². The Bertz CT molecular complexity index is 805. The minimum absolute atomic E-state index is 0.148. The lowest BCUT2D eigenvalue weighted by molar-refractivity contribution is -0.191. The molecule has 0 fully saturated rings. The van der Waals surface area contributed by atoms with E-state index in [2.05, 4.69) is 4.90 Å². The van der Waals surface area contributed by atoms with Crippen LogP contribution in [0.2, 0.25) is 0 Å². The average Bonchev–Trinajstić information content (AvgIpc) is 2.70. The van der Waals surface area contributed by atoms with Gasteiger partial charge in [-0.3, -0.25) is 9.69 Å². The molecule has 29 heavy (non-hydrogen) atoms. The summed E-state index contributed by atoms with van der Waals surface area (Å²) in [6.45, 7) is 2.52. The van der Waals surface area contributed by atoms with E-state index >= 15 is 0 Å². The number of carbonyl (C=O) groups excluding carboxylic acids is 3. The number of hydrogen-bond acceptors (Lipinski definition) is 8. The summed E-state index contributed by atoms with van der Waals surface area (Å²) in [5.41, 5.74) is 1.62. The normalized spacial score (nSPS) is 10.2. The Morgan fingerprint density at radius 2 is 1.41 bits per heavy atom. The highest BCUT2D eigenvalue weighted by atomic mass is 16.5. The van der Waals surface area contributed by atoms with Crippen LogP contribution in [0.5, 0.6) is 11.5 Å². The summed E-state index contributed by atoms with van der Waals surface area (Å²) >= 11 is 0. The number of methoxy groups -OCH3 is 1. The lowest BCUT2D eigenvalue weighted by Crippen LogP contribution is -2.36. The van der Waals surface area contributed by atoms with Crippen LogP contribution in [0, 0.1) is 0 Å². The van der Waals surface area contributed by atoms with Gasteiger partial charge in [0.15, 0.2) is 0 Å². The van der Waals surface area contributed by atoms with Crippen molar-refractivity contribution in [2.75, 3.05) is 33.8 Å². The molecule has 156 valence electrons. The molecule has 2 aromatic rings. The van der Waals surface area contributed by atoms with Crippen molar-refractivity contribution in [3.05, 3.63) is 59.7 Å². The van der Waals surface area contributed by atoms with E-state index in [1.807, 2.05) is 36.2 Å². The minimum atomic E-state index is -0.316. The summed E-state index contributed by atoms with van der Waals surface area (Å²) in [6, 6.07) is 14.3. The summed E-state index contributed by atoms with van der Waals surface area (Å²) in [5.74, 6) is 0.175. The summed E-state index contributed by atoms with van der Waals surface area (Å²) in [6.07, 6.45) is 0.250. The Hall–Kier alpha value is -3.19. The molecule has 2 N–H and O–H groups in total. The third-order valence-electron chi connectivity index (χ3n) is 4.20. The SMILES string of the molecule is COC(=O)CN(CCN(C)Cc1ccccc1O)Cc1ccccc1O.O=C=O. The molecule has 0 saturated carbocycles. The lowest BCUT2D eigenvalue weighted by Gasteiger charge is -2.25. The second-order valence-corrected chi connectivity index (χ2v) is 6.37. The fourth-order valence-electron chi connectivity index (χ4n) is 2.67. The molecular formula is C21H26N2O6. The van der Waals surface area contributed by atoms with E-state index in [9.17, 15) is 15.0 Å². The fourth-order valence-corrected chi connectivity index (χ4v) is 2.67. The van der Waals surface area contributed by atoms with Crippen molar-refractivity contribution in [1.29, 1.82) is 0 Å². The van der Waals surface area contributed by atoms with Crippen LogP contribution in [0.25, 0.3) is 0 Å². The quantitative estimate of drug-likeness (QED) is 0.610. The second-order valence-electron chi connectivity index (χ2n) is 6.37. The molecule has 0 unspecified atom stereocenters. The molecule has 0 heterocycles. The molecule has 0 amide bonds. The Morgan fingerprint density at radius 1 is 0.931 bits per heavy atom. The first kappa shape index (κ1) is 23.8. The Kier molecular flexibility index (Phi) is 10.7. The van der Waals surface area contributed by atoms with Gasteiger partial charge in [0, 0.05) is 37.3 Å².